The summed E-state index contributed by atoms with van der Waals surface area (Å²) in [6, 6.07) is 11.8. The number of likely N-dealkylation sites (tertiary alicyclic amines) is 1. The molecule has 232 valence electrons. The number of hydrogen-bond donors (Lipinski definition) is 0. The van der Waals surface area contributed by atoms with Crippen LogP contribution in [-0.2, 0) is 23.9 Å². The van der Waals surface area contributed by atoms with Crippen molar-refractivity contribution < 1.29 is 32.2 Å². The third-order valence-corrected chi connectivity index (χ3v) is 8.74. The van der Waals surface area contributed by atoms with Gasteiger partial charge in [0.15, 0.2) is 11.5 Å². The Kier molecular flexibility index (Phi) is 11.1. The van der Waals surface area contributed by atoms with Crippen LogP contribution in [0.15, 0.2) is 53.9 Å². The number of halogens is 3. The lowest BCUT2D eigenvalue weighted by atomic mass is 10.1. The Morgan fingerprint density at radius 3 is 2.23 bits per heavy atom. The van der Waals surface area contributed by atoms with Crippen molar-refractivity contribution in [3.8, 4) is 11.5 Å². The molecule has 4 rings (SSSR count). The summed E-state index contributed by atoms with van der Waals surface area (Å²) in [5.74, 6) is 0.523. The van der Waals surface area contributed by atoms with Crippen molar-refractivity contribution in [2.45, 2.75) is 38.9 Å². The summed E-state index contributed by atoms with van der Waals surface area (Å²) >= 11 is 1.57. The van der Waals surface area contributed by atoms with E-state index in [9.17, 15) is 22.8 Å². The Bertz CT molecular complexity index is 1370. The lowest BCUT2D eigenvalue weighted by Crippen LogP contribution is -2.45. The molecule has 7 nitrogen and oxygen atoms in total. The Morgan fingerprint density at radius 1 is 0.930 bits per heavy atom. The molecule has 1 fully saturated rings. The van der Waals surface area contributed by atoms with E-state index in [2.05, 4.69) is 4.90 Å². The maximum atomic E-state index is 13.9. The van der Waals surface area contributed by atoms with Crippen molar-refractivity contribution in [3.63, 3.8) is 0 Å². The minimum atomic E-state index is -4.50. The first-order chi connectivity index (χ1) is 20.6. The zero-order valence-electron chi connectivity index (χ0n) is 24.8. The van der Waals surface area contributed by atoms with Crippen LogP contribution in [0.25, 0.3) is 0 Å². The van der Waals surface area contributed by atoms with E-state index in [4.69, 9.17) is 9.47 Å². The van der Waals surface area contributed by atoms with Gasteiger partial charge in [-0.2, -0.15) is 13.2 Å². The Labute approximate surface area is 254 Å². The van der Waals surface area contributed by atoms with Crippen LogP contribution >= 0.6 is 11.3 Å². The van der Waals surface area contributed by atoms with Gasteiger partial charge in [0, 0.05) is 30.1 Å². The molecular weight excluding hydrogens is 579 g/mol. The minimum absolute atomic E-state index is 0.119. The Morgan fingerprint density at radius 2 is 1.63 bits per heavy atom. The van der Waals surface area contributed by atoms with Gasteiger partial charge in [0.2, 0.25) is 5.91 Å². The molecule has 0 bridgehead atoms. The Balaban J connectivity index is 1.54. The molecule has 0 N–H and O–H groups in total. The van der Waals surface area contributed by atoms with Crippen molar-refractivity contribution >= 4 is 23.2 Å². The molecule has 1 saturated heterocycles. The van der Waals surface area contributed by atoms with Crippen LogP contribution in [0.1, 0.15) is 44.8 Å². The van der Waals surface area contributed by atoms with Crippen LogP contribution in [0, 0.1) is 6.92 Å². The van der Waals surface area contributed by atoms with Gasteiger partial charge in [0.05, 0.1) is 26.3 Å². The largest absolute Gasteiger partial charge is 0.493 e. The summed E-state index contributed by atoms with van der Waals surface area (Å²) in [5, 5.41) is 1.98. The lowest BCUT2D eigenvalue weighted by molar-refractivity contribution is -0.137. The minimum Gasteiger partial charge on any atom is -0.493 e. The first-order valence-electron chi connectivity index (χ1n) is 14.3. The maximum absolute atomic E-state index is 13.9. The number of alkyl halides is 3. The number of hydrogen-bond acceptors (Lipinski definition) is 6. The summed E-state index contributed by atoms with van der Waals surface area (Å²) in [7, 11) is 3.14. The number of carbonyl (C=O) groups is 2. The van der Waals surface area contributed by atoms with Crippen LogP contribution in [0.2, 0.25) is 0 Å². The van der Waals surface area contributed by atoms with Gasteiger partial charge < -0.3 is 24.2 Å². The van der Waals surface area contributed by atoms with E-state index in [1.165, 1.54) is 17.0 Å². The molecule has 3 aromatic rings. The van der Waals surface area contributed by atoms with Crippen LogP contribution < -0.4 is 9.47 Å². The van der Waals surface area contributed by atoms with Crippen LogP contribution in [0.3, 0.4) is 0 Å². The molecule has 0 saturated carbocycles. The van der Waals surface area contributed by atoms with Gasteiger partial charge in [-0.25, -0.2) is 0 Å². The molecule has 0 unspecified atom stereocenters. The van der Waals surface area contributed by atoms with Crippen LogP contribution in [0.4, 0.5) is 13.2 Å². The quantitative estimate of drug-likeness (QED) is 0.239. The topological polar surface area (TPSA) is 62.3 Å². The van der Waals surface area contributed by atoms with Crippen LogP contribution in [0.5, 0.6) is 11.5 Å². The summed E-state index contributed by atoms with van der Waals surface area (Å²) < 4.78 is 50.2. The summed E-state index contributed by atoms with van der Waals surface area (Å²) in [6.45, 7) is 5.35. The van der Waals surface area contributed by atoms with Crippen molar-refractivity contribution in [2.24, 2.45) is 0 Å². The molecule has 0 radical (unpaired) electrons. The predicted molar refractivity (Wildman–Crippen MR) is 161 cm³/mol. The fourth-order valence-electron chi connectivity index (χ4n) is 5.10. The van der Waals surface area contributed by atoms with Gasteiger partial charge in [0.25, 0.3) is 5.91 Å². The molecule has 11 heteroatoms. The molecule has 0 spiro atoms. The van der Waals surface area contributed by atoms with Crippen molar-refractivity contribution in [3.05, 3.63) is 81.0 Å². The third kappa shape index (κ3) is 8.73. The highest BCUT2D eigenvalue weighted by atomic mass is 32.1. The third-order valence-electron chi connectivity index (χ3n) is 7.73. The van der Waals surface area contributed by atoms with E-state index in [-0.39, 0.29) is 18.0 Å². The molecule has 0 aliphatic carbocycles. The van der Waals surface area contributed by atoms with E-state index < -0.39 is 17.6 Å². The molecule has 0 atom stereocenters. The second-order valence-electron chi connectivity index (χ2n) is 10.6. The van der Waals surface area contributed by atoms with Gasteiger partial charge in [0.1, 0.15) is 6.54 Å². The van der Waals surface area contributed by atoms with Crippen LogP contribution in [-0.4, -0.2) is 80.0 Å². The average Bonchev–Trinajstić information content (AvgIpc) is 3.67. The number of methoxy groups -OCH3 is 2. The molecule has 43 heavy (non-hydrogen) atoms. The standard InChI is InChI=1S/C32H38F3N3O4S/c1-23-13-19-43-29(23)21-37(16-12-24-6-11-27(41-2)28(20-24)42-3)30(39)22-38(18-17-36-14-4-5-15-36)31(40)25-7-9-26(10-8-25)32(33,34)35/h6-11,13,19-20H,4-5,12,14-18,21-22H2,1-3H3. The molecule has 2 amide bonds. The fourth-order valence-corrected chi connectivity index (χ4v) is 6.02. The van der Waals surface area contributed by atoms with Gasteiger partial charge in [-0.15, -0.1) is 11.3 Å². The maximum Gasteiger partial charge on any atom is 0.416 e. The lowest BCUT2D eigenvalue weighted by Gasteiger charge is -2.29. The number of ether oxygens (including phenoxy) is 2. The highest BCUT2D eigenvalue weighted by molar-refractivity contribution is 7.10. The van der Waals surface area contributed by atoms with E-state index in [0.29, 0.717) is 44.1 Å². The first-order valence-corrected chi connectivity index (χ1v) is 15.2. The van der Waals surface area contributed by atoms with E-state index in [1.54, 1.807) is 30.5 Å². The smallest absolute Gasteiger partial charge is 0.416 e. The molecule has 1 aliphatic heterocycles. The number of rotatable bonds is 13. The van der Waals surface area contributed by atoms with Crippen molar-refractivity contribution in [1.82, 2.24) is 14.7 Å². The first kappa shape index (κ1) is 32.3. The second kappa shape index (κ2) is 14.7. The number of carbonyl (C=O) groups excluding carboxylic acids is 2. The van der Waals surface area contributed by atoms with Gasteiger partial charge in [-0.1, -0.05) is 6.07 Å². The van der Waals surface area contributed by atoms with Gasteiger partial charge in [-0.3, -0.25) is 9.59 Å². The molecule has 1 aromatic heterocycles. The van der Waals surface area contributed by atoms with Crippen molar-refractivity contribution in [2.75, 3.05) is 53.5 Å². The van der Waals surface area contributed by atoms with E-state index >= 15 is 0 Å². The molecule has 2 heterocycles. The average molecular weight is 618 g/mol. The number of benzene rings is 2. The predicted octanol–water partition coefficient (Wildman–Crippen LogP) is 5.90. The molecule has 2 aromatic carbocycles. The van der Waals surface area contributed by atoms with Crippen molar-refractivity contribution in [1.29, 1.82) is 0 Å². The molecular formula is C32H38F3N3O4S. The monoisotopic (exact) mass is 617 g/mol. The SMILES string of the molecule is COc1ccc(CCN(Cc2sccc2C)C(=O)CN(CCN2CCCC2)C(=O)c2ccc(C(F)(F)F)cc2)cc1OC. The summed E-state index contributed by atoms with van der Waals surface area (Å²) in [4.78, 5) is 34.0. The van der Waals surface area contributed by atoms with E-state index in [0.717, 1.165) is 54.1 Å². The second-order valence-corrected chi connectivity index (χ2v) is 11.6. The fraction of sp³-hybridized carbons (Fsp3) is 0.438. The van der Waals surface area contributed by atoms with Gasteiger partial charge in [-0.05, 0) is 98.2 Å². The number of thiophene rings is 1. The number of amides is 2. The number of aryl methyl sites for hydroxylation is 1. The summed E-state index contributed by atoms with van der Waals surface area (Å²) in [5.41, 5.74) is 1.34. The normalized spacial score (nSPS) is 13.6. The zero-order valence-corrected chi connectivity index (χ0v) is 25.6. The zero-order chi connectivity index (χ0) is 31.0. The highest BCUT2D eigenvalue weighted by Gasteiger charge is 2.31. The number of nitrogens with zero attached hydrogens (tertiary/aromatic N) is 3. The Hall–Kier alpha value is -3.57. The highest BCUT2D eigenvalue weighted by Crippen LogP contribution is 2.30. The summed E-state index contributed by atoms with van der Waals surface area (Å²) in [6.07, 6.45) is -1.79. The molecule has 1 aliphatic rings. The van der Waals surface area contributed by atoms with E-state index in [1.807, 2.05) is 36.6 Å². The van der Waals surface area contributed by atoms with Gasteiger partial charge >= 0.3 is 6.18 Å².